The van der Waals surface area contributed by atoms with Gasteiger partial charge in [-0.25, -0.2) is 0 Å². The molecule has 4 rings (SSSR count). The predicted octanol–water partition coefficient (Wildman–Crippen LogP) is 6.87. The van der Waals surface area contributed by atoms with Crippen molar-refractivity contribution in [3.63, 3.8) is 0 Å². The second kappa shape index (κ2) is 10.7. The van der Waals surface area contributed by atoms with E-state index in [9.17, 15) is 5.26 Å². The molecule has 182 valence electrons. The zero-order valence-corrected chi connectivity index (χ0v) is 21.5. The number of hydrogen-bond acceptors (Lipinski definition) is 4. The minimum atomic E-state index is -0.685. The minimum Gasteiger partial charge on any atom is -0.495 e. The maximum atomic E-state index is 10.5. The van der Waals surface area contributed by atoms with Gasteiger partial charge in [0.15, 0.2) is 0 Å². The molecule has 3 aromatic rings. The number of ether oxygens (including phenoxy) is 2. The van der Waals surface area contributed by atoms with Crippen LogP contribution >= 0.6 is 11.6 Å². The van der Waals surface area contributed by atoms with Crippen LogP contribution in [0.5, 0.6) is 11.5 Å². The Bertz CT molecular complexity index is 1120. The Morgan fingerprint density at radius 1 is 0.971 bits per heavy atom. The van der Waals surface area contributed by atoms with E-state index in [2.05, 4.69) is 49.1 Å². The number of hydrogen-bond donors (Lipinski definition) is 0. The topological polar surface area (TPSA) is 45.5 Å². The lowest BCUT2D eigenvalue weighted by atomic mass is 9.70. The second-order valence-corrected chi connectivity index (χ2v) is 10.2. The van der Waals surface area contributed by atoms with Gasteiger partial charge >= 0.3 is 0 Å². The van der Waals surface area contributed by atoms with Gasteiger partial charge in [-0.2, -0.15) is 5.26 Å². The first kappa shape index (κ1) is 25.1. The largest absolute Gasteiger partial charge is 0.495 e. The number of methoxy groups -OCH3 is 1. The van der Waals surface area contributed by atoms with Crippen molar-refractivity contribution in [2.24, 2.45) is 0 Å². The highest BCUT2D eigenvalue weighted by Crippen LogP contribution is 2.40. The second-order valence-electron chi connectivity index (χ2n) is 9.83. The standard InChI is InChI=1S/C30H33ClN2O2/c1-29(2,33-19-16-26(21-33)35-25-14-15-27(31)28(20-25)34-3)17-18-30(22-32,23-10-6-4-7-11-23)24-12-8-5-9-13-24/h4-15,20,26H,16-19,21H2,1-3H3. The van der Waals surface area contributed by atoms with Crippen LogP contribution in [-0.2, 0) is 5.41 Å². The van der Waals surface area contributed by atoms with E-state index in [0.29, 0.717) is 10.8 Å². The molecule has 5 heteroatoms. The molecule has 1 fully saturated rings. The molecule has 0 amide bonds. The number of benzene rings is 3. The summed E-state index contributed by atoms with van der Waals surface area (Å²) in [5, 5.41) is 11.1. The Morgan fingerprint density at radius 3 is 2.17 bits per heavy atom. The third-order valence-electron chi connectivity index (χ3n) is 7.26. The number of halogens is 1. The fourth-order valence-corrected chi connectivity index (χ4v) is 5.21. The molecule has 0 aromatic heterocycles. The van der Waals surface area contributed by atoms with E-state index in [-0.39, 0.29) is 11.6 Å². The first-order valence-electron chi connectivity index (χ1n) is 12.2. The minimum absolute atomic E-state index is 0.0819. The third kappa shape index (κ3) is 5.48. The zero-order chi connectivity index (χ0) is 24.9. The van der Waals surface area contributed by atoms with Crippen LogP contribution in [-0.4, -0.2) is 36.7 Å². The molecule has 0 radical (unpaired) electrons. The van der Waals surface area contributed by atoms with Gasteiger partial charge in [-0.05, 0) is 56.4 Å². The maximum absolute atomic E-state index is 10.5. The molecule has 4 nitrogen and oxygen atoms in total. The average Bonchev–Trinajstić information content (AvgIpc) is 3.37. The highest BCUT2D eigenvalue weighted by molar-refractivity contribution is 6.32. The summed E-state index contributed by atoms with van der Waals surface area (Å²) in [4.78, 5) is 2.49. The van der Waals surface area contributed by atoms with E-state index in [1.807, 2.05) is 48.5 Å². The summed E-state index contributed by atoms with van der Waals surface area (Å²) < 4.78 is 11.6. The van der Waals surface area contributed by atoms with Gasteiger partial charge < -0.3 is 9.47 Å². The fraction of sp³-hybridized carbons (Fsp3) is 0.367. The van der Waals surface area contributed by atoms with Crippen LogP contribution in [0, 0.1) is 11.3 Å². The molecule has 0 spiro atoms. The van der Waals surface area contributed by atoms with Crippen LogP contribution in [0.15, 0.2) is 78.9 Å². The first-order chi connectivity index (χ1) is 16.9. The third-order valence-corrected chi connectivity index (χ3v) is 7.57. The Kier molecular flexibility index (Phi) is 7.69. The molecule has 0 N–H and O–H groups in total. The molecule has 3 aromatic carbocycles. The molecule has 1 atom stereocenters. The van der Waals surface area contributed by atoms with Gasteiger partial charge in [-0.3, -0.25) is 4.90 Å². The highest BCUT2D eigenvalue weighted by Gasteiger charge is 2.40. The molecule has 0 aliphatic carbocycles. The van der Waals surface area contributed by atoms with Gasteiger partial charge in [0.05, 0.1) is 18.2 Å². The van der Waals surface area contributed by atoms with Crippen molar-refractivity contribution in [1.82, 2.24) is 4.90 Å². The first-order valence-corrected chi connectivity index (χ1v) is 12.5. The Morgan fingerprint density at radius 2 is 1.60 bits per heavy atom. The predicted molar refractivity (Wildman–Crippen MR) is 141 cm³/mol. The van der Waals surface area contributed by atoms with Crippen LogP contribution in [0.1, 0.15) is 44.2 Å². The number of nitrogens with zero attached hydrogens (tertiary/aromatic N) is 2. The summed E-state index contributed by atoms with van der Waals surface area (Å²) in [5.74, 6) is 1.39. The molecule has 1 unspecified atom stereocenters. The maximum Gasteiger partial charge on any atom is 0.141 e. The Hall–Kier alpha value is -3.00. The van der Waals surface area contributed by atoms with Gasteiger partial charge in [-0.15, -0.1) is 0 Å². The molecule has 1 aliphatic rings. The SMILES string of the molecule is COc1cc(OC2CCN(C(C)(C)CCC(C#N)(c3ccccc3)c3ccccc3)C2)ccc1Cl. The monoisotopic (exact) mass is 488 g/mol. The smallest absolute Gasteiger partial charge is 0.141 e. The number of likely N-dealkylation sites (tertiary alicyclic amines) is 1. The average molecular weight is 489 g/mol. The lowest BCUT2D eigenvalue weighted by Gasteiger charge is -2.38. The van der Waals surface area contributed by atoms with Crippen molar-refractivity contribution >= 4 is 11.6 Å². The van der Waals surface area contributed by atoms with E-state index >= 15 is 0 Å². The van der Waals surface area contributed by atoms with Crippen LogP contribution in [0.25, 0.3) is 0 Å². The van der Waals surface area contributed by atoms with Gasteiger partial charge in [0.2, 0.25) is 0 Å². The molecule has 1 aliphatic heterocycles. The van der Waals surface area contributed by atoms with Crippen molar-refractivity contribution in [1.29, 1.82) is 5.26 Å². The van der Waals surface area contributed by atoms with Crippen LogP contribution in [0.3, 0.4) is 0 Å². The number of nitriles is 1. The van der Waals surface area contributed by atoms with Gasteiger partial charge in [0, 0.05) is 24.7 Å². The quantitative estimate of drug-likeness (QED) is 0.329. The highest BCUT2D eigenvalue weighted by atomic mass is 35.5. The summed E-state index contributed by atoms with van der Waals surface area (Å²) in [6, 6.07) is 28.6. The Labute approximate surface area is 214 Å². The molecular formula is C30H33ClN2O2. The van der Waals surface area contributed by atoms with Gasteiger partial charge in [-0.1, -0.05) is 72.3 Å². The summed E-state index contributed by atoms with van der Waals surface area (Å²) >= 11 is 6.16. The van der Waals surface area contributed by atoms with E-state index in [4.69, 9.17) is 21.1 Å². The molecule has 0 bridgehead atoms. The summed E-state index contributed by atoms with van der Waals surface area (Å²) in [5.41, 5.74) is 1.32. The zero-order valence-electron chi connectivity index (χ0n) is 20.7. The van der Waals surface area contributed by atoms with Crippen molar-refractivity contribution in [2.75, 3.05) is 20.2 Å². The van der Waals surface area contributed by atoms with Gasteiger partial charge in [0.25, 0.3) is 0 Å². The van der Waals surface area contributed by atoms with Crippen molar-refractivity contribution in [3.05, 3.63) is 95.0 Å². The molecule has 1 heterocycles. The van der Waals surface area contributed by atoms with E-state index < -0.39 is 5.41 Å². The lowest BCUT2D eigenvalue weighted by Crippen LogP contribution is -2.44. The van der Waals surface area contributed by atoms with Gasteiger partial charge in [0.1, 0.15) is 23.0 Å². The summed E-state index contributed by atoms with van der Waals surface area (Å²) in [6.07, 6.45) is 2.67. The summed E-state index contributed by atoms with van der Waals surface area (Å²) in [6.45, 7) is 6.35. The molecular weight excluding hydrogens is 456 g/mol. The molecule has 1 saturated heterocycles. The fourth-order valence-electron chi connectivity index (χ4n) is 5.02. The number of rotatable bonds is 9. The normalized spacial score (nSPS) is 16.6. The lowest BCUT2D eigenvalue weighted by molar-refractivity contribution is 0.114. The van der Waals surface area contributed by atoms with Crippen LogP contribution in [0.4, 0.5) is 0 Å². The van der Waals surface area contributed by atoms with Crippen molar-refractivity contribution in [3.8, 4) is 17.6 Å². The molecule has 0 saturated carbocycles. The molecule has 35 heavy (non-hydrogen) atoms. The van der Waals surface area contributed by atoms with E-state index in [1.165, 1.54) is 0 Å². The van der Waals surface area contributed by atoms with E-state index in [1.54, 1.807) is 13.2 Å². The van der Waals surface area contributed by atoms with Crippen molar-refractivity contribution in [2.45, 2.75) is 50.2 Å². The van der Waals surface area contributed by atoms with Crippen LogP contribution < -0.4 is 9.47 Å². The Balaban J connectivity index is 1.48. The van der Waals surface area contributed by atoms with E-state index in [0.717, 1.165) is 49.2 Å². The van der Waals surface area contributed by atoms with Crippen LogP contribution in [0.2, 0.25) is 5.02 Å². The summed E-state index contributed by atoms with van der Waals surface area (Å²) in [7, 11) is 1.61. The van der Waals surface area contributed by atoms with Crippen molar-refractivity contribution < 1.29 is 9.47 Å².